The standard InChI is InChI=1S/C17H23N3O3S/c1-12-6-8-13(9-7-12)19-16(21)10-11-18-17-14-4-2-3-5-15(14)24(22,23)20-17/h2-5,12-13H,6-11H2,1H3,(H,18,20)(H,19,21). The molecular weight excluding hydrogens is 326 g/mol. The number of carbonyl (C=O) groups excluding carboxylic acids is 1. The van der Waals surface area contributed by atoms with E-state index in [4.69, 9.17) is 0 Å². The number of sulfonamides is 1. The molecule has 1 aliphatic carbocycles. The van der Waals surface area contributed by atoms with Crippen molar-refractivity contribution in [1.82, 2.24) is 10.0 Å². The Bertz CT molecular complexity index is 750. The fourth-order valence-corrected chi connectivity index (χ4v) is 4.48. The first kappa shape index (κ1) is 17.0. The lowest BCUT2D eigenvalue weighted by atomic mass is 9.87. The lowest BCUT2D eigenvalue weighted by Gasteiger charge is -2.26. The summed E-state index contributed by atoms with van der Waals surface area (Å²) in [4.78, 5) is 16.5. The lowest BCUT2D eigenvalue weighted by Crippen LogP contribution is -2.37. The minimum atomic E-state index is -3.51. The number of nitrogens with one attached hydrogen (secondary N) is 2. The first-order valence-corrected chi connectivity index (χ1v) is 9.90. The SMILES string of the molecule is CC1CCC(NC(=O)CCN=C2NS(=O)(=O)c3ccccc32)CC1. The van der Waals surface area contributed by atoms with Crippen molar-refractivity contribution in [3.63, 3.8) is 0 Å². The Balaban J connectivity index is 1.55. The molecule has 2 N–H and O–H groups in total. The first-order chi connectivity index (χ1) is 11.5. The average molecular weight is 349 g/mol. The van der Waals surface area contributed by atoms with Crippen molar-refractivity contribution in [1.29, 1.82) is 0 Å². The summed E-state index contributed by atoms with van der Waals surface area (Å²) < 4.78 is 26.4. The number of rotatable bonds is 4. The van der Waals surface area contributed by atoms with Gasteiger partial charge in [-0.2, -0.15) is 0 Å². The zero-order valence-electron chi connectivity index (χ0n) is 13.8. The van der Waals surface area contributed by atoms with Gasteiger partial charge in [-0.1, -0.05) is 19.1 Å². The molecule has 1 aromatic carbocycles. The highest BCUT2D eigenvalue weighted by molar-refractivity contribution is 7.90. The van der Waals surface area contributed by atoms with Crippen molar-refractivity contribution in [3.05, 3.63) is 29.8 Å². The fourth-order valence-electron chi connectivity index (χ4n) is 3.22. The number of nitrogens with zero attached hydrogens (tertiary/aromatic N) is 1. The zero-order chi connectivity index (χ0) is 17.2. The molecule has 0 unspecified atom stereocenters. The van der Waals surface area contributed by atoms with Gasteiger partial charge >= 0.3 is 0 Å². The van der Waals surface area contributed by atoms with E-state index in [2.05, 4.69) is 22.0 Å². The normalized spacial score (nSPS) is 26.6. The van der Waals surface area contributed by atoms with Crippen molar-refractivity contribution in [2.75, 3.05) is 6.54 Å². The van der Waals surface area contributed by atoms with Gasteiger partial charge in [-0.3, -0.25) is 14.5 Å². The third-order valence-corrected chi connectivity index (χ3v) is 6.05. The topological polar surface area (TPSA) is 87.6 Å². The van der Waals surface area contributed by atoms with Crippen LogP contribution in [0.1, 0.15) is 44.6 Å². The number of fused-ring (bicyclic) bond motifs is 1. The van der Waals surface area contributed by atoms with Crippen LogP contribution in [0.3, 0.4) is 0 Å². The quantitative estimate of drug-likeness (QED) is 0.869. The molecule has 0 spiro atoms. The Morgan fingerprint density at radius 1 is 1.25 bits per heavy atom. The monoisotopic (exact) mass is 349 g/mol. The minimum Gasteiger partial charge on any atom is -0.353 e. The van der Waals surface area contributed by atoms with Gasteiger partial charge in [0.1, 0.15) is 5.84 Å². The molecule has 7 heteroatoms. The van der Waals surface area contributed by atoms with Gasteiger partial charge in [0.05, 0.1) is 11.4 Å². The second-order valence-electron chi connectivity index (χ2n) is 6.61. The number of hydrogen-bond acceptors (Lipinski definition) is 4. The van der Waals surface area contributed by atoms with Gasteiger partial charge in [0.15, 0.2) is 0 Å². The molecule has 0 aromatic heterocycles. The number of amidine groups is 1. The summed E-state index contributed by atoms with van der Waals surface area (Å²) in [6.07, 6.45) is 4.65. The zero-order valence-corrected chi connectivity index (χ0v) is 14.6. The van der Waals surface area contributed by atoms with Gasteiger partial charge < -0.3 is 5.32 Å². The highest BCUT2D eigenvalue weighted by Gasteiger charge is 2.30. The van der Waals surface area contributed by atoms with Crippen LogP contribution in [0.15, 0.2) is 34.2 Å². The van der Waals surface area contributed by atoms with Crippen LogP contribution in [-0.2, 0) is 14.8 Å². The summed E-state index contributed by atoms with van der Waals surface area (Å²) in [6.45, 7) is 2.51. The summed E-state index contributed by atoms with van der Waals surface area (Å²) >= 11 is 0. The smallest absolute Gasteiger partial charge is 0.263 e. The van der Waals surface area contributed by atoms with E-state index in [1.807, 2.05) is 0 Å². The maximum absolute atomic E-state index is 12.0. The van der Waals surface area contributed by atoms with Crippen LogP contribution in [0.4, 0.5) is 0 Å². The molecule has 1 saturated carbocycles. The Hall–Kier alpha value is -1.89. The fraction of sp³-hybridized carbons (Fsp3) is 0.529. The molecule has 0 saturated heterocycles. The largest absolute Gasteiger partial charge is 0.353 e. The first-order valence-electron chi connectivity index (χ1n) is 8.42. The molecule has 0 radical (unpaired) electrons. The van der Waals surface area contributed by atoms with Crippen LogP contribution in [0, 0.1) is 5.92 Å². The molecule has 24 heavy (non-hydrogen) atoms. The van der Waals surface area contributed by atoms with Crippen molar-refractivity contribution in [3.8, 4) is 0 Å². The molecule has 1 aromatic rings. The van der Waals surface area contributed by atoms with E-state index < -0.39 is 10.0 Å². The van der Waals surface area contributed by atoms with Gasteiger partial charge in [-0.15, -0.1) is 0 Å². The molecule has 0 atom stereocenters. The molecule has 3 rings (SSSR count). The number of amides is 1. The highest BCUT2D eigenvalue weighted by atomic mass is 32.2. The van der Waals surface area contributed by atoms with Crippen LogP contribution >= 0.6 is 0 Å². The Morgan fingerprint density at radius 2 is 1.96 bits per heavy atom. The molecule has 1 aliphatic heterocycles. The minimum absolute atomic E-state index is 0.0203. The molecule has 0 bridgehead atoms. The lowest BCUT2D eigenvalue weighted by molar-refractivity contribution is -0.121. The molecule has 6 nitrogen and oxygen atoms in total. The number of carbonyl (C=O) groups is 1. The van der Waals surface area contributed by atoms with Crippen LogP contribution < -0.4 is 10.0 Å². The Kier molecular flexibility index (Phi) is 4.89. The van der Waals surface area contributed by atoms with E-state index >= 15 is 0 Å². The summed E-state index contributed by atoms with van der Waals surface area (Å²) in [7, 11) is -3.51. The van der Waals surface area contributed by atoms with Crippen molar-refractivity contribution in [2.24, 2.45) is 10.9 Å². The van der Waals surface area contributed by atoms with E-state index in [0.717, 1.165) is 31.6 Å². The van der Waals surface area contributed by atoms with Gasteiger partial charge in [0.2, 0.25) is 5.91 Å². The summed E-state index contributed by atoms with van der Waals surface area (Å²) in [5, 5.41) is 3.05. The summed E-state index contributed by atoms with van der Waals surface area (Å²) in [5.41, 5.74) is 0.569. The Labute approximate surface area is 142 Å². The van der Waals surface area contributed by atoms with Gasteiger partial charge in [-0.25, -0.2) is 8.42 Å². The highest BCUT2D eigenvalue weighted by Crippen LogP contribution is 2.24. The third kappa shape index (κ3) is 3.77. The molecule has 130 valence electrons. The second-order valence-corrected chi connectivity index (χ2v) is 8.26. The second kappa shape index (κ2) is 6.93. The Morgan fingerprint density at radius 3 is 2.71 bits per heavy atom. The van der Waals surface area contributed by atoms with Gasteiger partial charge in [-0.05, 0) is 43.7 Å². The van der Waals surface area contributed by atoms with E-state index in [0.29, 0.717) is 11.4 Å². The predicted octanol–water partition coefficient (Wildman–Crippen LogP) is 1.81. The van der Waals surface area contributed by atoms with Crippen LogP contribution in [0.2, 0.25) is 0 Å². The molecular formula is C17H23N3O3S. The molecule has 1 heterocycles. The van der Waals surface area contributed by atoms with E-state index in [9.17, 15) is 13.2 Å². The van der Waals surface area contributed by atoms with Crippen molar-refractivity contribution in [2.45, 2.75) is 50.0 Å². The van der Waals surface area contributed by atoms with Gasteiger partial charge in [0.25, 0.3) is 10.0 Å². The van der Waals surface area contributed by atoms with Crippen LogP contribution in [-0.4, -0.2) is 32.7 Å². The molecule has 1 amide bonds. The molecule has 1 fully saturated rings. The van der Waals surface area contributed by atoms with E-state index in [1.165, 1.54) is 0 Å². The number of benzene rings is 1. The summed E-state index contributed by atoms with van der Waals surface area (Å²) in [6, 6.07) is 6.99. The van der Waals surface area contributed by atoms with E-state index in [-0.39, 0.29) is 29.8 Å². The maximum Gasteiger partial charge on any atom is 0.263 e. The maximum atomic E-state index is 12.0. The van der Waals surface area contributed by atoms with Gasteiger partial charge in [0, 0.05) is 18.0 Å². The van der Waals surface area contributed by atoms with Crippen molar-refractivity contribution < 1.29 is 13.2 Å². The number of hydrogen-bond donors (Lipinski definition) is 2. The summed E-state index contributed by atoms with van der Waals surface area (Å²) in [5.74, 6) is 1.05. The van der Waals surface area contributed by atoms with Crippen LogP contribution in [0.25, 0.3) is 0 Å². The average Bonchev–Trinajstić information content (AvgIpc) is 2.81. The van der Waals surface area contributed by atoms with E-state index in [1.54, 1.807) is 24.3 Å². The third-order valence-electron chi connectivity index (χ3n) is 4.65. The molecule has 2 aliphatic rings. The van der Waals surface area contributed by atoms with Crippen LogP contribution in [0.5, 0.6) is 0 Å². The predicted molar refractivity (Wildman–Crippen MR) is 92.3 cm³/mol. The number of aliphatic imine (C=N–C) groups is 1. The van der Waals surface area contributed by atoms with Crippen molar-refractivity contribution >= 4 is 21.8 Å².